The fourth-order valence-corrected chi connectivity index (χ4v) is 2.47. The summed E-state index contributed by atoms with van der Waals surface area (Å²) in [5, 5.41) is 0. The van der Waals surface area contributed by atoms with Crippen molar-refractivity contribution in [1.29, 1.82) is 0 Å². The molecule has 21 heavy (non-hydrogen) atoms. The highest BCUT2D eigenvalue weighted by Crippen LogP contribution is 2.18. The number of ketones is 1. The second-order valence-corrected chi connectivity index (χ2v) is 5.73. The lowest BCUT2D eigenvalue weighted by Crippen LogP contribution is -2.14. The zero-order valence-electron chi connectivity index (χ0n) is 11.3. The molecule has 0 atom stereocenters. The number of hydrogen-bond donors (Lipinski definition) is 0. The molecule has 1 aromatic heterocycles. The molecular weight excluding hydrogens is 334 g/mol. The standard InChI is InChI=1S/C16H12BrNO3/c1-10(19)12-4-7-14-15(8-12)21-16(20)18(14)9-11-2-5-13(17)6-3-11/h2-8H,9H2,1H3. The summed E-state index contributed by atoms with van der Waals surface area (Å²) in [6.45, 7) is 1.91. The minimum atomic E-state index is -0.423. The molecule has 0 spiro atoms. The van der Waals surface area contributed by atoms with Crippen LogP contribution < -0.4 is 5.76 Å². The Labute approximate surface area is 129 Å². The smallest absolute Gasteiger partial charge is 0.408 e. The summed E-state index contributed by atoms with van der Waals surface area (Å²) in [6, 6.07) is 12.8. The lowest BCUT2D eigenvalue weighted by atomic mass is 10.1. The summed E-state index contributed by atoms with van der Waals surface area (Å²) in [7, 11) is 0. The number of oxazole rings is 1. The molecule has 0 bridgehead atoms. The molecule has 0 saturated carbocycles. The van der Waals surface area contributed by atoms with Gasteiger partial charge in [-0.25, -0.2) is 4.79 Å². The molecule has 0 fully saturated rings. The molecule has 5 heteroatoms. The quantitative estimate of drug-likeness (QED) is 0.681. The van der Waals surface area contributed by atoms with E-state index in [1.807, 2.05) is 24.3 Å². The molecule has 0 saturated heterocycles. The number of Topliss-reactive ketones (excluding diaryl/α,β-unsaturated/α-hetero) is 1. The van der Waals surface area contributed by atoms with Crippen LogP contribution in [0.2, 0.25) is 0 Å². The van der Waals surface area contributed by atoms with Crippen molar-refractivity contribution in [3.63, 3.8) is 0 Å². The summed E-state index contributed by atoms with van der Waals surface area (Å²) in [4.78, 5) is 23.4. The molecule has 106 valence electrons. The van der Waals surface area contributed by atoms with E-state index in [0.29, 0.717) is 23.2 Å². The Hall–Kier alpha value is -2.14. The topological polar surface area (TPSA) is 52.2 Å². The van der Waals surface area contributed by atoms with Gasteiger partial charge in [0.15, 0.2) is 11.4 Å². The predicted molar refractivity (Wildman–Crippen MR) is 83.7 cm³/mol. The number of halogens is 1. The van der Waals surface area contributed by atoms with Crippen molar-refractivity contribution in [3.8, 4) is 0 Å². The van der Waals surface area contributed by atoms with Gasteiger partial charge in [-0.05, 0) is 42.8 Å². The first-order valence-electron chi connectivity index (χ1n) is 6.43. The summed E-state index contributed by atoms with van der Waals surface area (Å²) < 4.78 is 7.78. The molecular formula is C16H12BrNO3. The maximum Gasteiger partial charge on any atom is 0.420 e. The van der Waals surface area contributed by atoms with Crippen LogP contribution in [0.15, 0.2) is 56.1 Å². The largest absolute Gasteiger partial charge is 0.420 e. The molecule has 0 aliphatic heterocycles. The molecule has 0 unspecified atom stereocenters. The van der Waals surface area contributed by atoms with Gasteiger partial charge in [-0.15, -0.1) is 0 Å². The van der Waals surface area contributed by atoms with Gasteiger partial charge in [-0.2, -0.15) is 0 Å². The van der Waals surface area contributed by atoms with Gasteiger partial charge in [0, 0.05) is 10.0 Å². The molecule has 1 heterocycles. The summed E-state index contributed by atoms with van der Waals surface area (Å²) in [5.41, 5.74) is 2.66. The van der Waals surface area contributed by atoms with Crippen LogP contribution in [0.5, 0.6) is 0 Å². The van der Waals surface area contributed by atoms with Crippen LogP contribution >= 0.6 is 15.9 Å². The van der Waals surface area contributed by atoms with Crippen molar-refractivity contribution < 1.29 is 9.21 Å². The van der Waals surface area contributed by atoms with E-state index in [1.54, 1.807) is 22.8 Å². The monoisotopic (exact) mass is 345 g/mol. The third kappa shape index (κ3) is 2.69. The van der Waals surface area contributed by atoms with E-state index in [4.69, 9.17) is 4.42 Å². The van der Waals surface area contributed by atoms with Crippen LogP contribution in [0, 0.1) is 0 Å². The Balaban J connectivity index is 2.06. The van der Waals surface area contributed by atoms with Gasteiger partial charge in [-0.1, -0.05) is 28.1 Å². The molecule has 0 aliphatic carbocycles. The van der Waals surface area contributed by atoms with Crippen LogP contribution in [-0.2, 0) is 6.54 Å². The average molecular weight is 346 g/mol. The van der Waals surface area contributed by atoms with Crippen molar-refractivity contribution in [1.82, 2.24) is 4.57 Å². The number of fused-ring (bicyclic) bond motifs is 1. The zero-order chi connectivity index (χ0) is 15.0. The number of carbonyl (C=O) groups excluding carboxylic acids is 1. The second-order valence-electron chi connectivity index (χ2n) is 4.82. The summed E-state index contributed by atoms with van der Waals surface area (Å²) in [6.07, 6.45) is 0. The Morgan fingerprint density at radius 3 is 2.57 bits per heavy atom. The fourth-order valence-electron chi connectivity index (χ4n) is 2.21. The van der Waals surface area contributed by atoms with Gasteiger partial charge >= 0.3 is 5.76 Å². The first-order chi connectivity index (χ1) is 10.0. The van der Waals surface area contributed by atoms with Crippen LogP contribution in [0.1, 0.15) is 22.8 Å². The average Bonchev–Trinajstić information content (AvgIpc) is 2.76. The Morgan fingerprint density at radius 2 is 1.90 bits per heavy atom. The van der Waals surface area contributed by atoms with Gasteiger partial charge in [0.25, 0.3) is 0 Å². The summed E-state index contributed by atoms with van der Waals surface area (Å²) >= 11 is 3.38. The molecule has 4 nitrogen and oxygen atoms in total. The number of aromatic nitrogens is 1. The molecule has 0 aliphatic rings. The van der Waals surface area contributed by atoms with Crippen LogP contribution in [-0.4, -0.2) is 10.4 Å². The number of rotatable bonds is 3. The molecule has 3 rings (SSSR count). The Morgan fingerprint density at radius 1 is 1.19 bits per heavy atom. The second kappa shape index (κ2) is 5.33. The lowest BCUT2D eigenvalue weighted by molar-refractivity contribution is 0.101. The van der Waals surface area contributed by atoms with Gasteiger partial charge in [0.1, 0.15) is 0 Å². The minimum absolute atomic E-state index is 0.0554. The molecule has 0 amide bonds. The first-order valence-corrected chi connectivity index (χ1v) is 7.22. The van der Waals surface area contributed by atoms with E-state index in [-0.39, 0.29) is 5.78 Å². The van der Waals surface area contributed by atoms with E-state index in [2.05, 4.69) is 15.9 Å². The Bertz CT molecular complexity index is 875. The maximum absolute atomic E-state index is 12.0. The maximum atomic E-state index is 12.0. The van der Waals surface area contributed by atoms with E-state index < -0.39 is 5.76 Å². The number of hydrogen-bond acceptors (Lipinski definition) is 3. The van der Waals surface area contributed by atoms with E-state index in [9.17, 15) is 9.59 Å². The third-order valence-corrected chi connectivity index (χ3v) is 3.86. The highest BCUT2D eigenvalue weighted by molar-refractivity contribution is 9.10. The summed E-state index contributed by atoms with van der Waals surface area (Å²) in [5.74, 6) is -0.478. The lowest BCUT2D eigenvalue weighted by Gasteiger charge is -2.03. The number of carbonyl (C=O) groups is 1. The predicted octanol–water partition coefficient (Wildman–Crippen LogP) is 3.61. The fraction of sp³-hybridized carbons (Fsp3) is 0.125. The zero-order valence-corrected chi connectivity index (χ0v) is 12.9. The highest BCUT2D eigenvalue weighted by atomic mass is 79.9. The normalized spacial score (nSPS) is 11.0. The van der Waals surface area contributed by atoms with E-state index in [1.165, 1.54) is 6.92 Å². The van der Waals surface area contributed by atoms with Crippen LogP contribution in [0.25, 0.3) is 11.1 Å². The first kappa shape index (κ1) is 13.8. The minimum Gasteiger partial charge on any atom is -0.408 e. The van der Waals surface area contributed by atoms with E-state index >= 15 is 0 Å². The Kier molecular flexibility index (Phi) is 3.51. The van der Waals surface area contributed by atoms with Crippen molar-refractivity contribution in [2.45, 2.75) is 13.5 Å². The highest BCUT2D eigenvalue weighted by Gasteiger charge is 2.11. The van der Waals surface area contributed by atoms with Crippen molar-refractivity contribution in [2.24, 2.45) is 0 Å². The van der Waals surface area contributed by atoms with Crippen molar-refractivity contribution >= 4 is 32.8 Å². The van der Waals surface area contributed by atoms with E-state index in [0.717, 1.165) is 10.0 Å². The van der Waals surface area contributed by atoms with Crippen molar-refractivity contribution in [2.75, 3.05) is 0 Å². The van der Waals surface area contributed by atoms with Gasteiger partial charge in [0.05, 0.1) is 12.1 Å². The molecule has 3 aromatic rings. The van der Waals surface area contributed by atoms with Gasteiger partial charge in [0.2, 0.25) is 0 Å². The molecule has 2 aromatic carbocycles. The molecule has 0 N–H and O–H groups in total. The van der Waals surface area contributed by atoms with Gasteiger partial charge in [-0.3, -0.25) is 9.36 Å². The van der Waals surface area contributed by atoms with Gasteiger partial charge < -0.3 is 4.42 Å². The van der Waals surface area contributed by atoms with Crippen LogP contribution in [0.3, 0.4) is 0 Å². The third-order valence-electron chi connectivity index (χ3n) is 3.33. The molecule has 0 radical (unpaired) electrons. The number of benzene rings is 2. The number of nitrogens with zero attached hydrogens (tertiary/aromatic N) is 1. The van der Waals surface area contributed by atoms with Crippen molar-refractivity contribution in [3.05, 3.63) is 68.6 Å². The van der Waals surface area contributed by atoms with Crippen LogP contribution in [0.4, 0.5) is 0 Å². The SMILES string of the molecule is CC(=O)c1ccc2c(c1)oc(=O)n2Cc1ccc(Br)cc1.